The van der Waals surface area contributed by atoms with Crippen molar-refractivity contribution in [1.82, 2.24) is 25.9 Å². The Morgan fingerprint density at radius 3 is 2.61 bits per heavy atom. The number of amides is 4. The number of carbonyl (C=O) groups excluding carboxylic acids is 3. The van der Waals surface area contributed by atoms with Crippen LogP contribution in [0.2, 0.25) is 0 Å². The Morgan fingerprint density at radius 2 is 1.88 bits per heavy atom. The highest BCUT2D eigenvalue weighted by atomic mass is 32.2. The molecule has 1 fully saturated rings. The van der Waals surface area contributed by atoms with Gasteiger partial charge in [-0.2, -0.15) is 0 Å². The summed E-state index contributed by atoms with van der Waals surface area (Å²) in [4.78, 5) is 49.5. The average molecular weight is 571 g/mol. The second kappa shape index (κ2) is 11.2. The average Bonchev–Trinajstić information content (AvgIpc) is 3.35. The minimum Gasteiger partial charge on any atom is -0.439 e. The van der Waals surface area contributed by atoms with E-state index in [-0.39, 0.29) is 29.9 Å². The fourth-order valence-electron chi connectivity index (χ4n) is 5.72. The van der Waals surface area contributed by atoms with Crippen molar-refractivity contribution in [3.05, 3.63) is 78.6 Å². The lowest BCUT2D eigenvalue weighted by molar-refractivity contribution is -0.123. The molecule has 4 atom stereocenters. The number of thioether (sulfide) groups is 1. The van der Waals surface area contributed by atoms with Gasteiger partial charge in [0.15, 0.2) is 0 Å². The molecule has 2 unspecified atom stereocenters. The molecule has 210 valence electrons. The summed E-state index contributed by atoms with van der Waals surface area (Å²) in [5.74, 6) is 0.653. The lowest BCUT2D eigenvalue weighted by Gasteiger charge is -2.36. The van der Waals surface area contributed by atoms with Crippen LogP contribution < -0.4 is 25.6 Å². The van der Waals surface area contributed by atoms with E-state index in [2.05, 4.69) is 32.5 Å². The standard InChI is InChI=1S/C30H30N6O4S/c1-3-23(37)33-19-8-4-5-9-20(19)34-28(38)27-26-25-22(13-15-32-29(25)41-27)36(30(39)35-26)21-12-11-18(16-17(21)2)40-24-10-6-7-14-31-24/h3,6-7,10-16,19-20,26-27H,1,4-5,8-9H2,2H3,(H,33,37)(H,34,38)(H,35,39)/t19-,20+,26?,27?/m0/s1. The molecule has 2 aliphatic heterocycles. The van der Waals surface area contributed by atoms with Crippen LogP contribution in [0, 0.1) is 6.92 Å². The van der Waals surface area contributed by atoms with Crippen molar-refractivity contribution < 1.29 is 19.1 Å². The van der Waals surface area contributed by atoms with Crippen LogP contribution >= 0.6 is 11.8 Å². The molecule has 0 spiro atoms. The lowest BCUT2D eigenvalue weighted by atomic mass is 9.89. The summed E-state index contributed by atoms with van der Waals surface area (Å²) in [6.07, 6.45) is 8.08. The highest BCUT2D eigenvalue weighted by Gasteiger charge is 2.47. The van der Waals surface area contributed by atoms with Crippen LogP contribution in [0.4, 0.5) is 16.2 Å². The number of pyridine rings is 2. The number of urea groups is 1. The first kappa shape index (κ1) is 26.8. The van der Waals surface area contributed by atoms with Crippen LogP contribution in [-0.4, -0.2) is 45.1 Å². The lowest BCUT2D eigenvalue weighted by Crippen LogP contribution is -2.56. The monoisotopic (exact) mass is 570 g/mol. The summed E-state index contributed by atoms with van der Waals surface area (Å²) in [7, 11) is 0. The van der Waals surface area contributed by atoms with Gasteiger partial charge < -0.3 is 20.7 Å². The fraction of sp³-hybridized carbons (Fsp3) is 0.300. The number of rotatable bonds is 7. The molecule has 10 nitrogen and oxygen atoms in total. The van der Waals surface area contributed by atoms with Crippen LogP contribution in [0.25, 0.3) is 0 Å². The van der Waals surface area contributed by atoms with Crippen molar-refractivity contribution in [2.24, 2.45) is 0 Å². The summed E-state index contributed by atoms with van der Waals surface area (Å²) >= 11 is 1.35. The largest absolute Gasteiger partial charge is 0.439 e. The molecule has 1 aliphatic carbocycles. The van der Waals surface area contributed by atoms with E-state index in [0.29, 0.717) is 28.0 Å². The van der Waals surface area contributed by atoms with Crippen molar-refractivity contribution in [3.63, 3.8) is 0 Å². The maximum Gasteiger partial charge on any atom is 0.327 e. The first-order valence-electron chi connectivity index (χ1n) is 13.6. The summed E-state index contributed by atoms with van der Waals surface area (Å²) in [6, 6.07) is 11.6. The van der Waals surface area contributed by atoms with Gasteiger partial charge in [-0.25, -0.2) is 14.8 Å². The molecule has 11 heteroatoms. The third-order valence-corrected chi connectivity index (χ3v) is 8.93. The molecule has 3 aromatic rings. The molecule has 2 aromatic heterocycles. The van der Waals surface area contributed by atoms with E-state index in [1.54, 1.807) is 29.4 Å². The van der Waals surface area contributed by atoms with Crippen LogP contribution in [0.3, 0.4) is 0 Å². The summed E-state index contributed by atoms with van der Waals surface area (Å²) in [5, 5.41) is 9.30. The molecule has 0 saturated heterocycles. The van der Waals surface area contributed by atoms with Crippen LogP contribution in [0.15, 0.2) is 72.5 Å². The molecule has 0 radical (unpaired) electrons. The summed E-state index contributed by atoms with van der Waals surface area (Å²) < 4.78 is 5.87. The van der Waals surface area contributed by atoms with Crippen molar-refractivity contribution in [2.75, 3.05) is 4.90 Å². The van der Waals surface area contributed by atoms with Gasteiger partial charge in [-0.05, 0) is 61.7 Å². The van der Waals surface area contributed by atoms with Crippen molar-refractivity contribution >= 4 is 41.0 Å². The third kappa shape index (κ3) is 5.24. The Bertz CT molecular complexity index is 1520. The molecule has 1 aromatic carbocycles. The van der Waals surface area contributed by atoms with Gasteiger partial charge in [-0.1, -0.05) is 37.2 Å². The molecule has 3 aliphatic rings. The van der Waals surface area contributed by atoms with Crippen molar-refractivity contribution in [2.45, 2.75) is 61.0 Å². The SMILES string of the molecule is C=CC(=O)N[C@H]1CCCC[C@H]1NC(=O)C1Sc2nccc3c2C1NC(=O)N3c1ccc(Oc2ccccn2)cc1C. The minimum absolute atomic E-state index is 0.162. The minimum atomic E-state index is -0.585. The predicted octanol–water partition coefficient (Wildman–Crippen LogP) is 4.68. The molecule has 1 saturated carbocycles. The van der Waals surface area contributed by atoms with Crippen LogP contribution in [-0.2, 0) is 9.59 Å². The second-order valence-corrected chi connectivity index (χ2v) is 11.4. The van der Waals surface area contributed by atoms with E-state index in [0.717, 1.165) is 36.8 Å². The van der Waals surface area contributed by atoms with E-state index in [4.69, 9.17) is 4.74 Å². The molecule has 3 N–H and O–H groups in total. The Labute approximate surface area is 242 Å². The predicted molar refractivity (Wildman–Crippen MR) is 155 cm³/mol. The number of anilines is 2. The Hall–Kier alpha value is -4.38. The maximum absolute atomic E-state index is 13.6. The van der Waals surface area contributed by atoms with Crippen LogP contribution in [0.1, 0.15) is 42.9 Å². The molecular weight excluding hydrogens is 540 g/mol. The summed E-state index contributed by atoms with van der Waals surface area (Å²) in [6.45, 7) is 5.45. The first-order valence-corrected chi connectivity index (χ1v) is 14.5. The van der Waals surface area contributed by atoms with E-state index in [1.807, 2.05) is 37.3 Å². The smallest absolute Gasteiger partial charge is 0.327 e. The zero-order chi connectivity index (χ0) is 28.5. The normalized spacial score (nSPS) is 22.8. The van der Waals surface area contributed by atoms with Gasteiger partial charge in [0.25, 0.3) is 0 Å². The van der Waals surface area contributed by atoms with E-state index >= 15 is 0 Å². The Balaban J connectivity index is 1.23. The molecule has 41 heavy (non-hydrogen) atoms. The number of ether oxygens (including phenoxy) is 1. The number of carbonyl (C=O) groups is 3. The van der Waals surface area contributed by atoms with Gasteiger partial charge in [0, 0.05) is 36.1 Å². The quantitative estimate of drug-likeness (QED) is 0.352. The number of aryl methyl sites for hydroxylation is 1. The molecular formula is C30H30N6O4S. The van der Waals surface area contributed by atoms with E-state index in [9.17, 15) is 14.4 Å². The van der Waals surface area contributed by atoms with Gasteiger partial charge >= 0.3 is 6.03 Å². The summed E-state index contributed by atoms with van der Waals surface area (Å²) in [5.41, 5.74) is 3.05. The topological polar surface area (TPSA) is 126 Å². The van der Waals surface area contributed by atoms with Gasteiger partial charge in [-0.15, -0.1) is 0 Å². The molecule has 4 heterocycles. The number of hydrogen-bond acceptors (Lipinski definition) is 7. The number of nitrogens with zero attached hydrogens (tertiary/aromatic N) is 3. The van der Waals surface area contributed by atoms with Gasteiger partial charge in [0.05, 0.1) is 17.4 Å². The highest BCUT2D eigenvalue weighted by molar-refractivity contribution is 8.01. The molecule has 4 amide bonds. The van der Waals surface area contributed by atoms with Gasteiger partial charge in [0.2, 0.25) is 17.7 Å². The second-order valence-electron chi connectivity index (χ2n) is 10.3. The molecule has 6 rings (SSSR count). The van der Waals surface area contributed by atoms with Gasteiger partial charge in [0.1, 0.15) is 16.0 Å². The number of benzene rings is 1. The highest BCUT2D eigenvalue weighted by Crippen LogP contribution is 2.51. The number of nitrogens with one attached hydrogen (secondary N) is 3. The van der Waals surface area contributed by atoms with Gasteiger partial charge in [-0.3, -0.25) is 14.5 Å². The fourth-order valence-corrected chi connectivity index (χ4v) is 6.95. The van der Waals surface area contributed by atoms with Crippen molar-refractivity contribution in [3.8, 4) is 11.6 Å². The van der Waals surface area contributed by atoms with E-state index < -0.39 is 11.3 Å². The Kier molecular flexibility index (Phi) is 7.36. The van der Waals surface area contributed by atoms with Crippen LogP contribution in [0.5, 0.6) is 11.6 Å². The first-order chi connectivity index (χ1) is 19.9. The zero-order valence-electron chi connectivity index (χ0n) is 22.5. The number of hydrogen-bond donors (Lipinski definition) is 3. The van der Waals surface area contributed by atoms with Crippen molar-refractivity contribution in [1.29, 1.82) is 0 Å². The Morgan fingerprint density at radius 1 is 1.07 bits per heavy atom. The maximum atomic E-state index is 13.6. The number of aromatic nitrogens is 2. The molecule has 0 bridgehead atoms. The third-order valence-electron chi connectivity index (χ3n) is 7.64. The zero-order valence-corrected chi connectivity index (χ0v) is 23.3. The van der Waals surface area contributed by atoms with E-state index in [1.165, 1.54) is 17.8 Å².